The van der Waals surface area contributed by atoms with Gasteiger partial charge in [-0.1, -0.05) is 12.1 Å². The second kappa shape index (κ2) is 7.14. The lowest BCUT2D eigenvalue weighted by Gasteiger charge is -2.39. The highest BCUT2D eigenvalue weighted by Crippen LogP contribution is 2.28. The van der Waals surface area contributed by atoms with E-state index >= 15 is 0 Å². The first-order valence-electron chi connectivity index (χ1n) is 7.82. The first-order valence-corrected chi connectivity index (χ1v) is 9.22. The topological polar surface area (TPSA) is 71.1 Å². The van der Waals surface area contributed by atoms with Gasteiger partial charge in [0.05, 0.1) is 26.4 Å². The Morgan fingerprint density at radius 2 is 1.87 bits per heavy atom. The fraction of sp³-hybridized carbons (Fsp3) is 0.600. The zero-order chi connectivity index (χ0) is 16.3. The van der Waals surface area contributed by atoms with Crippen molar-refractivity contribution in [3.05, 3.63) is 29.8 Å². The van der Waals surface area contributed by atoms with E-state index in [1.54, 1.807) is 11.4 Å². The highest BCUT2D eigenvalue weighted by atomic mass is 32.2. The molecule has 0 radical (unpaired) electrons. The highest BCUT2D eigenvalue weighted by molar-refractivity contribution is 7.86. The lowest BCUT2D eigenvalue weighted by Crippen LogP contribution is -2.55. The molecule has 0 aromatic heterocycles. The fourth-order valence-corrected chi connectivity index (χ4v) is 4.74. The Kier molecular flexibility index (Phi) is 5.17. The third-order valence-corrected chi connectivity index (χ3v) is 6.34. The van der Waals surface area contributed by atoms with Crippen LogP contribution in [0.2, 0.25) is 0 Å². The molecule has 8 heteroatoms. The molecule has 0 aliphatic carbocycles. The highest BCUT2D eigenvalue weighted by Gasteiger charge is 2.37. The molecule has 2 fully saturated rings. The van der Waals surface area contributed by atoms with E-state index < -0.39 is 10.2 Å². The largest absolute Gasteiger partial charge is 0.497 e. The fourth-order valence-electron chi connectivity index (χ4n) is 3.00. The van der Waals surface area contributed by atoms with E-state index in [1.807, 2.05) is 24.3 Å². The first kappa shape index (κ1) is 16.7. The molecule has 1 aromatic carbocycles. The molecule has 1 atom stereocenters. The Morgan fingerprint density at radius 1 is 1.17 bits per heavy atom. The molecule has 2 aliphatic rings. The van der Waals surface area contributed by atoms with E-state index in [-0.39, 0.29) is 6.04 Å². The van der Waals surface area contributed by atoms with Crippen molar-refractivity contribution in [2.24, 2.45) is 0 Å². The van der Waals surface area contributed by atoms with Gasteiger partial charge in [-0.2, -0.15) is 17.0 Å². The number of benzene rings is 1. The summed E-state index contributed by atoms with van der Waals surface area (Å²) in [6, 6.07) is 7.38. The van der Waals surface area contributed by atoms with E-state index in [1.165, 1.54) is 4.31 Å². The quantitative estimate of drug-likeness (QED) is 0.848. The van der Waals surface area contributed by atoms with Gasteiger partial charge in [0.25, 0.3) is 10.2 Å². The van der Waals surface area contributed by atoms with Crippen LogP contribution in [0.1, 0.15) is 11.6 Å². The van der Waals surface area contributed by atoms with Crippen LogP contribution in [0.25, 0.3) is 0 Å². The van der Waals surface area contributed by atoms with E-state index in [4.69, 9.17) is 9.47 Å². The Bertz CT molecular complexity index is 614. The number of hydrogen-bond donors (Lipinski definition) is 1. The standard InChI is InChI=1S/C15H23N3O4S/c1-21-14-4-2-13(3-5-14)15-12-16-6-7-18(15)23(19,20)17-8-10-22-11-9-17/h2-5,15-16H,6-12H2,1H3/t15-/m1/s1. The minimum absolute atomic E-state index is 0.206. The van der Waals surface area contributed by atoms with Crippen LogP contribution in [0.5, 0.6) is 5.75 Å². The number of ether oxygens (including phenoxy) is 2. The molecule has 7 nitrogen and oxygen atoms in total. The van der Waals surface area contributed by atoms with Crippen molar-refractivity contribution in [2.75, 3.05) is 53.0 Å². The van der Waals surface area contributed by atoms with Crippen LogP contribution in [0, 0.1) is 0 Å². The summed E-state index contributed by atoms with van der Waals surface area (Å²) in [6.45, 7) is 3.49. The molecule has 2 heterocycles. The van der Waals surface area contributed by atoms with Gasteiger partial charge in [0, 0.05) is 32.7 Å². The van der Waals surface area contributed by atoms with Gasteiger partial charge in [-0.15, -0.1) is 0 Å². The van der Waals surface area contributed by atoms with Gasteiger partial charge in [-0.05, 0) is 17.7 Å². The second-order valence-electron chi connectivity index (χ2n) is 5.62. The summed E-state index contributed by atoms with van der Waals surface area (Å²) in [5.74, 6) is 0.764. The average Bonchev–Trinajstić information content (AvgIpc) is 2.62. The minimum Gasteiger partial charge on any atom is -0.497 e. The Labute approximate surface area is 137 Å². The van der Waals surface area contributed by atoms with Gasteiger partial charge in [0.15, 0.2) is 0 Å². The van der Waals surface area contributed by atoms with Crippen molar-refractivity contribution in [2.45, 2.75) is 6.04 Å². The van der Waals surface area contributed by atoms with Crippen LogP contribution in [0.3, 0.4) is 0 Å². The van der Waals surface area contributed by atoms with Crippen LogP contribution in [0.15, 0.2) is 24.3 Å². The minimum atomic E-state index is -3.48. The van der Waals surface area contributed by atoms with Crippen LogP contribution < -0.4 is 10.1 Å². The Morgan fingerprint density at radius 3 is 2.52 bits per heavy atom. The first-order chi connectivity index (χ1) is 11.1. The predicted octanol–water partition coefficient (Wildman–Crippen LogP) is 0.219. The van der Waals surface area contributed by atoms with Gasteiger partial charge >= 0.3 is 0 Å². The van der Waals surface area contributed by atoms with Crippen molar-refractivity contribution in [3.63, 3.8) is 0 Å². The van der Waals surface area contributed by atoms with Crippen molar-refractivity contribution >= 4 is 10.2 Å². The zero-order valence-electron chi connectivity index (χ0n) is 13.3. The number of morpholine rings is 1. The molecule has 0 bridgehead atoms. The van der Waals surface area contributed by atoms with Crippen LogP contribution in [-0.4, -0.2) is 70.1 Å². The molecule has 23 heavy (non-hydrogen) atoms. The molecule has 1 N–H and O–H groups in total. The van der Waals surface area contributed by atoms with Crippen LogP contribution in [0.4, 0.5) is 0 Å². The maximum Gasteiger partial charge on any atom is 0.282 e. The van der Waals surface area contributed by atoms with E-state index in [2.05, 4.69) is 5.32 Å². The molecule has 2 saturated heterocycles. The predicted molar refractivity (Wildman–Crippen MR) is 86.6 cm³/mol. The lowest BCUT2D eigenvalue weighted by molar-refractivity contribution is 0.0685. The summed E-state index contributed by atoms with van der Waals surface area (Å²) in [4.78, 5) is 0. The number of hydrogen-bond acceptors (Lipinski definition) is 5. The Balaban J connectivity index is 1.85. The normalized spacial score (nSPS) is 24.5. The maximum absolute atomic E-state index is 13.0. The molecule has 0 saturated carbocycles. The lowest BCUT2D eigenvalue weighted by atomic mass is 10.1. The summed E-state index contributed by atoms with van der Waals surface area (Å²) in [5.41, 5.74) is 0.967. The average molecular weight is 341 g/mol. The summed E-state index contributed by atoms with van der Waals surface area (Å²) >= 11 is 0. The van der Waals surface area contributed by atoms with Crippen molar-refractivity contribution in [1.82, 2.24) is 13.9 Å². The molecule has 0 amide bonds. The smallest absolute Gasteiger partial charge is 0.282 e. The van der Waals surface area contributed by atoms with Gasteiger partial charge < -0.3 is 14.8 Å². The molecule has 0 spiro atoms. The van der Waals surface area contributed by atoms with Gasteiger partial charge in [-0.3, -0.25) is 0 Å². The van der Waals surface area contributed by atoms with Gasteiger partial charge in [0.2, 0.25) is 0 Å². The molecular weight excluding hydrogens is 318 g/mol. The number of nitrogens with one attached hydrogen (secondary N) is 1. The molecular formula is C15H23N3O4S. The molecule has 3 rings (SSSR count). The summed E-state index contributed by atoms with van der Waals surface area (Å²) < 4.78 is 39.6. The molecule has 0 unspecified atom stereocenters. The van der Waals surface area contributed by atoms with E-state index in [9.17, 15) is 8.42 Å². The second-order valence-corrected chi connectivity index (χ2v) is 7.50. The maximum atomic E-state index is 13.0. The zero-order valence-corrected chi connectivity index (χ0v) is 14.1. The number of piperazine rings is 1. The monoisotopic (exact) mass is 341 g/mol. The summed E-state index contributed by atoms with van der Waals surface area (Å²) in [5, 5.41) is 3.29. The number of nitrogens with zero attached hydrogens (tertiary/aromatic N) is 2. The third-order valence-electron chi connectivity index (χ3n) is 4.29. The van der Waals surface area contributed by atoms with Crippen LogP contribution >= 0.6 is 0 Å². The molecule has 1 aromatic rings. The van der Waals surface area contributed by atoms with Crippen molar-refractivity contribution in [1.29, 1.82) is 0 Å². The Hall–Kier alpha value is -1.19. The summed E-state index contributed by atoms with van der Waals surface area (Å²) in [6.07, 6.45) is 0. The number of methoxy groups -OCH3 is 1. The molecule has 2 aliphatic heterocycles. The number of rotatable bonds is 4. The third kappa shape index (κ3) is 3.51. The summed E-state index contributed by atoms with van der Waals surface area (Å²) in [7, 11) is -1.87. The van der Waals surface area contributed by atoms with Crippen LogP contribution in [-0.2, 0) is 14.9 Å². The van der Waals surface area contributed by atoms with Crippen molar-refractivity contribution in [3.8, 4) is 5.75 Å². The molecule has 128 valence electrons. The van der Waals surface area contributed by atoms with Gasteiger partial charge in [0.1, 0.15) is 5.75 Å². The van der Waals surface area contributed by atoms with Crippen molar-refractivity contribution < 1.29 is 17.9 Å². The van der Waals surface area contributed by atoms with Gasteiger partial charge in [-0.25, -0.2) is 0 Å². The SMILES string of the molecule is COc1ccc([C@H]2CNCCN2S(=O)(=O)N2CCOCC2)cc1. The van der Waals surface area contributed by atoms with E-state index in [0.29, 0.717) is 45.9 Å². The van der Waals surface area contributed by atoms with E-state index in [0.717, 1.165) is 11.3 Å².